The van der Waals surface area contributed by atoms with Crippen LogP contribution in [0.3, 0.4) is 0 Å². The summed E-state index contributed by atoms with van der Waals surface area (Å²) in [5.41, 5.74) is 1.41. The van der Waals surface area contributed by atoms with E-state index >= 15 is 0 Å². The zero-order chi connectivity index (χ0) is 15.4. The lowest BCUT2D eigenvalue weighted by atomic mass is 10.1. The van der Waals surface area contributed by atoms with Crippen molar-refractivity contribution in [3.05, 3.63) is 60.2 Å². The molecule has 1 aromatic heterocycles. The van der Waals surface area contributed by atoms with E-state index in [2.05, 4.69) is 10.3 Å². The van der Waals surface area contributed by atoms with Crippen LogP contribution in [0.1, 0.15) is 12.0 Å². The molecule has 2 aromatic rings. The summed E-state index contributed by atoms with van der Waals surface area (Å²) in [7, 11) is 0. The van der Waals surface area contributed by atoms with Gasteiger partial charge in [-0.15, -0.1) is 0 Å². The molecule has 1 N–H and O–H groups in total. The van der Waals surface area contributed by atoms with Crippen molar-refractivity contribution < 1.29 is 9.18 Å². The second-order valence-corrected chi connectivity index (χ2v) is 5.48. The number of amides is 1. The molecule has 1 aliphatic rings. The minimum atomic E-state index is -0.319. The maximum Gasteiger partial charge on any atom is 0.227 e. The minimum absolute atomic E-state index is 0.0272. The van der Waals surface area contributed by atoms with Crippen LogP contribution in [0.15, 0.2) is 48.8 Å². The van der Waals surface area contributed by atoms with Crippen molar-refractivity contribution in [1.29, 1.82) is 0 Å². The first-order valence-corrected chi connectivity index (χ1v) is 7.40. The zero-order valence-corrected chi connectivity index (χ0v) is 12.2. The Hall–Kier alpha value is -2.43. The Bertz CT molecular complexity index is 647. The molecule has 4 nitrogen and oxygen atoms in total. The van der Waals surface area contributed by atoms with Gasteiger partial charge in [0, 0.05) is 31.5 Å². The molecule has 0 unspecified atom stereocenters. The summed E-state index contributed by atoms with van der Waals surface area (Å²) in [5, 5.41) is 3.37. The number of anilines is 1. The van der Waals surface area contributed by atoms with E-state index in [1.54, 1.807) is 35.5 Å². The smallest absolute Gasteiger partial charge is 0.227 e. The van der Waals surface area contributed by atoms with Gasteiger partial charge in [-0.25, -0.2) is 4.39 Å². The molecule has 0 saturated carbocycles. The van der Waals surface area contributed by atoms with Crippen molar-refractivity contribution in [2.75, 3.05) is 18.4 Å². The minimum Gasteiger partial charge on any atom is -0.379 e. The lowest BCUT2D eigenvalue weighted by Gasteiger charge is -2.18. The summed E-state index contributed by atoms with van der Waals surface area (Å²) >= 11 is 0. The molecule has 0 radical (unpaired) electrons. The van der Waals surface area contributed by atoms with Crippen LogP contribution in [-0.2, 0) is 11.2 Å². The van der Waals surface area contributed by atoms with E-state index in [0.29, 0.717) is 18.7 Å². The van der Waals surface area contributed by atoms with Gasteiger partial charge in [-0.05, 0) is 30.2 Å². The topological polar surface area (TPSA) is 45.2 Å². The van der Waals surface area contributed by atoms with Gasteiger partial charge >= 0.3 is 0 Å². The van der Waals surface area contributed by atoms with Gasteiger partial charge in [-0.1, -0.05) is 18.2 Å². The number of carbonyl (C=O) groups is 1. The number of aromatic nitrogens is 1. The SMILES string of the molecule is O=C(Cc1ccccc1F)N1CC[C@H](Nc2cccnc2)C1. The molecule has 114 valence electrons. The number of nitrogens with one attached hydrogen (secondary N) is 1. The Balaban J connectivity index is 1.56. The van der Waals surface area contributed by atoms with E-state index < -0.39 is 0 Å². The Morgan fingerprint density at radius 1 is 1.32 bits per heavy atom. The molecule has 1 atom stereocenters. The molecule has 2 heterocycles. The number of carbonyl (C=O) groups excluding carboxylic acids is 1. The van der Waals surface area contributed by atoms with Gasteiger partial charge in [0.15, 0.2) is 0 Å². The van der Waals surface area contributed by atoms with E-state index in [1.165, 1.54) is 6.07 Å². The van der Waals surface area contributed by atoms with Crippen molar-refractivity contribution in [2.45, 2.75) is 18.9 Å². The van der Waals surface area contributed by atoms with Crippen LogP contribution in [0.25, 0.3) is 0 Å². The Kier molecular flexibility index (Phi) is 4.32. The van der Waals surface area contributed by atoms with E-state index in [9.17, 15) is 9.18 Å². The molecule has 0 bridgehead atoms. The third kappa shape index (κ3) is 3.42. The second kappa shape index (κ2) is 6.56. The quantitative estimate of drug-likeness (QED) is 0.943. The molecule has 1 saturated heterocycles. The number of hydrogen-bond acceptors (Lipinski definition) is 3. The Morgan fingerprint density at radius 3 is 2.95 bits per heavy atom. The van der Waals surface area contributed by atoms with Crippen molar-refractivity contribution >= 4 is 11.6 Å². The van der Waals surface area contributed by atoms with Crippen LogP contribution in [0.5, 0.6) is 0 Å². The highest BCUT2D eigenvalue weighted by atomic mass is 19.1. The molecule has 5 heteroatoms. The number of benzene rings is 1. The molecule has 0 aliphatic carbocycles. The fraction of sp³-hybridized carbons (Fsp3) is 0.294. The highest BCUT2D eigenvalue weighted by molar-refractivity contribution is 5.79. The summed E-state index contributed by atoms with van der Waals surface area (Å²) in [6.45, 7) is 1.34. The van der Waals surface area contributed by atoms with Gasteiger partial charge in [0.25, 0.3) is 0 Å². The summed E-state index contributed by atoms with van der Waals surface area (Å²) in [6.07, 6.45) is 4.50. The number of rotatable bonds is 4. The standard InChI is InChI=1S/C17H18FN3O/c18-16-6-2-1-4-13(16)10-17(22)21-9-7-15(12-21)20-14-5-3-8-19-11-14/h1-6,8,11,15,20H,7,9-10,12H2/t15-/m0/s1. The van der Waals surface area contributed by atoms with Crippen molar-refractivity contribution in [2.24, 2.45) is 0 Å². The van der Waals surface area contributed by atoms with Crippen LogP contribution < -0.4 is 5.32 Å². The second-order valence-electron chi connectivity index (χ2n) is 5.48. The Labute approximate surface area is 129 Å². The molecule has 22 heavy (non-hydrogen) atoms. The average molecular weight is 299 g/mol. The highest BCUT2D eigenvalue weighted by Crippen LogP contribution is 2.17. The van der Waals surface area contributed by atoms with Gasteiger partial charge in [0.2, 0.25) is 5.91 Å². The van der Waals surface area contributed by atoms with Crippen LogP contribution >= 0.6 is 0 Å². The molecule has 1 fully saturated rings. The van der Waals surface area contributed by atoms with Crippen LogP contribution in [0.2, 0.25) is 0 Å². The summed E-state index contributed by atoms with van der Waals surface area (Å²) < 4.78 is 13.6. The fourth-order valence-corrected chi connectivity index (χ4v) is 2.70. The molecule has 1 aliphatic heterocycles. The third-order valence-corrected chi connectivity index (χ3v) is 3.87. The predicted octanol–water partition coefficient (Wildman–Crippen LogP) is 2.48. The zero-order valence-electron chi connectivity index (χ0n) is 12.2. The third-order valence-electron chi connectivity index (χ3n) is 3.87. The molecule has 0 spiro atoms. The Morgan fingerprint density at radius 2 is 2.18 bits per heavy atom. The number of pyridine rings is 1. The molecule has 3 rings (SSSR count). The molecule has 1 amide bonds. The first-order valence-electron chi connectivity index (χ1n) is 7.40. The van der Waals surface area contributed by atoms with Gasteiger partial charge < -0.3 is 10.2 Å². The van der Waals surface area contributed by atoms with Crippen LogP contribution in [-0.4, -0.2) is 34.9 Å². The number of nitrogens with zero attached hydrogens (tertiary/aromatic N) is 2. The van der Waals surface area contributed by atoms with Crippen molar-refractivity contribution in [3.8, 4) is 0 Å². The highest BCUT2D eigenvalue weighted by Gasteiger charge is 2.26. The molecule has 1 aromatic carbocycles. The lowest BCUT2D eigenvalue weighted by Crippen LogP contribution is -2.32. The largest absolute Gasteiger partial charge is 0.379 e. The number of hydrogen-bond donors (Lipinski definition) is 1. The summed E-state index contributed by atoms with van der Waals surface area (Å²) in [6, 6.07) is 10.5. The van der Waals surface area contributed by atoms with Gasteiger partial charge in [-0.2, -0.15) is 0 Å². The van der Waals surface area contributed by atoms with Gasteiger partial charge in [0.1, 0.15) is 5.82 Å². The fourth-order valence-electron chi connectivity index (χ4n) is 2.70. The number of likely N-dealkylation sites (tertiary alicyclic amines) is 1. The van der Waals surface area contributed by atoms with E-state index in [-0.39, 0.29) is 24.2 Å². The predicted molar refractivity (Wildman–Crippen MR) is 82.9 cm³/mol. The first-order chi connectivity index (χ1) is 10.7. The molecular formula is C17H18FN3O. The van der Waals surface area contributed by atoms with Crippen LogP contribution in [0, 0.1) is 5.82 Å². The molecular weight excluding hydrogens is 281 g/mol. The number of halogens is 1. The normalized spacial score (nSPS) is 17.5. The van der Waals surface area contributed by atoms with E-state index in [4.69, 9.17) is 0 Å². The van der Waals surface area contributed by atoms with Crippen LogP contribution in [0.4, 0.5) is 10.1 Å². The van der Waals surface area contributed by atoms with Gasteiger partial charge in [0.05, 0.1) is 12.1 Å². The summed E-state index contributed by atoms with van der Waals surface area (Å²) in [4.78, 5) is 18.1. The first kappa shape index (κ1) is 14.5. The van der Waals surface area contributed by atoms with Gasteiger partial charge in [-0.3, -0.25) is 9.78 Å². The van der Waals surface area contributed by atoms with E-state index in [1.807, 2.05) is 12.1 Å². The maximum atomic E-state index is 13.6. The van der Waals surface area contributed by atoms with E-state index in [0.717, 1.165) is 12.1 Å². The van der Waals surface area contributed by atoms with Crippen molar-refractivity contribution in [3.63, 3.8) is 0 Å². The monoisotopic (exact) mass is 299 g/mol. The summed E-state index contributed by atoms with van der Waals surface area (Å²) in [5.74, 6) is -0.347. The maximum absolute atomic E-state index is 13.6. The average Bonchev–Trinajstić information content (AvgIpc) is 2.99. The lowest BCUT2D eigenvalue weighted by molar-refractivity contribution is -0.129. The van der Waals surface area contributed by atoms with Crippen molar-refractivity contribution in [1.82, 2.24) is 9.88 Å².